The smallest absolute Gasteiger partial charge is 0.350 e. The van der Waals surface area contributed by atoms with Crippen molar-refractivity contribution in [3.8, 4) is 5.69 Å². The molecule has 0 aliphatic rings. The fraction of sp³-hybridized carbons (Fsp3) is 0.125. The number of benzene rings is 2. The molecule has 0 saturated heterocycles. The van der Waals surface area contributed by atoms with Gasteiger partial charge in [-0.1, -0.05) is 30.3 Å². The minimum atomic E-state index is -0.167. The maximum absolute atomic E-state index is 12.7. The number of aromatic nitrogens is 2. The molecular weight excluding hydrogens is 252 g/mol. The van der Waals surface area contributed by atoms with Crippen LogP contribution in [0.4, 0.5) is 0 Å². The Morgan fingerprint density at radius 2 is 1.65 bits per heavy atom. The molecule has 3 aromatic rings. The maximum Gasteiger partial charge on any atom is 0.350 e. The second-order valence-electron chi connectivity index (χ2n) is 4.79. The van der Waals surface area contributed by atoms with Crippen LogP contribution < -0.4 is 10.3 Å². The lowest BCUT2D eigenvalue weighted by Crippen LogP contribution is -2.40. The zero-order chi connectivity index (χ0) is 14.3. The van der Waals surface area contributed by atoms with Gasteiger partial charge in [-0.2, -0.15) is 4.57 Å². The van der Waals surface area contributed by atoms with Crippen molar-refractivity contribution in [1.29, 1.82) is 0 Å². The summed E-state index contributed by atoms with van der Waals surface area (Å²) in [6, 6.07) is 14.4. The number of hydrogen-bond acceptors (Lipinski definition) is 2. The van der Waals surface area contributed by atoms with Crippen molar-refractivity contribution in [2.45, 2.75) is 13.8 Å². The van der Waals surface area contributed by atoms with Crippen molar-refractivity contribution in [1.82, 2.24) is 4.57 Å². The van der Waals surface area contributed by atoms with Gasteiger partial charge in [-0.25, -0.2) is 9.52 Å². The van der Waals surface area contributed by atoms with Gasteiger partial charge in [0, 0.05) is 6.92 Å². The summed E-state index contributed by atoms with van der Waals surface area (Å²) in [5, 5.41) is 12.8. The average molecular weight is 266 g/mol. The molecule has 4 nitrogen and oxygen atoms in total. The van der Waals surface area contributed by atoms with Gasteiger partial charge in [-0.05, 0) is 30.7 Å². The van der Waals surface area contributed by atoms with Gasteiger partial charge in [-0.3, -0.25) is 0 Å². The van der Waals surface area contributed by atoms with Crippen molar-refractivity contribution >= 4 is 10.9 Å². The highest BCUT2D eigenvalue weighted by atomic mass is 16.5. The molecule has 0 saturated carbocycles. The average Bonchev–Trinajstić information content (AvgIpc) is 2.47. The summed E-state index contributed by atoms with van der Waals surface area (Å²) in [6.07, 6.45) is 0. The van der Waals surface area contributed by atoms with Crippen LogP contribution in [0.15, 0.2) is 53.3 Å². The predicted molar refractivity (Wildman–Crippen MR) is 78.0 cm³/mol. The molecular formula is C16H14N2O2. The molecule has 1 heterocycles. The monoisotopic (exact) mass is 266 g/mol. The second-order valence-corrected chi connectivity index (χ2v) is 4.79. The largest absolute Gasteiger partial charge is 0.710 e. The van der Waals surface area contributed by atoms with Crippen LogP contribution in [0.25, 0.3) is 16.6 Å². The molecule has 4 heteroatoms. The van der Waals surface area contributed by atoms with Crippen LogP contribution in [0.1, 0.15) is 11.4 Å². The number of aryl methyl sites for hydroxylation is 1. The van der Waals surface area contributed by atoms with Crippen molar-refractivity contribution in [2.75, 3.05) is 0 Å². The van der Waals surface area contributed by atoms with E-state index < -0.39 is 0 Å². The van der Waals surface area contributed by atoms with E-state index in [-0.39, 0.29) is 5.56 Å². The molecule has 0 radical (unpaired) electrons. The Morgan fingerprint density at radius 3 is 2.40 bits per heavy atom. The minimum absolute atomic E-state index is 0.167. The normalized spacial score (nSPS) is 10.9. The Bertz CT molecular complexity index is 866. The highest BCUT2D eigenvalue weighted by molar-refractivity contribution is 5.75. The Morgan fingerprint density at radius 1 is 1.00 bits per heavy atom. The van der Waals surface area contributed by atoms with Gasteiger partial charge >= 0.3 is 5.56 Å². The third kappa shape index (κ3) is 1.69. The van der Waals surface area contributed by atoms with Gasteiger partial charge in [0.1, 0.15) is 16.6 Å². The molecule has 0 unspecified atom stereocenters. The highest BCUT2D eigenvalue weighted by Gasteiger charge is 2.19. The van der Waals surface area contributed by atoms with Crippen LogP contribution in [0.2, 0.25) is 0 Å². The van der Waals surface area contributed by atoms with Gasteiger partial charge < -0.3 is 5.21 Å². The van der Waals surface area contributed by atoms with E-state index in [1.807, 2.05) is 31.2 Å². The van der Waals surface area contributed by atoms with E-state index >= 15 is 0 Å². The van der Waals surface area contributed by atoms with E-state index in [1.54, 1.807) is 31.2 Å². The van der Waals surface area contributed by atoms with Gasteiger partial charge in [-0.15, -0.1) is 0 Å². The van der Waals surface area contributed by atoms with Crippen molar-refractivity contribution in [3.63, 3.8) is 0 Å². The highest BCUT2D eigenvalue weighted by Crippen LogP contribution is 2.14. The summed E-state index contributed by atoms with van der Waals surface area (Å²) in [4.78, 5) is 12.7. The van der Waals surface area contributed by atoms with Crippen LogP contribution >= 0.6 is 0 Å². The molecule has 0 atom stereocenters. The van der Waals surface area contributed by atoms with Gasteiger partial charge in [0.2, 0.25) is 0 Å². The zero-order valence-corrected chi connectivity index (χ0v) is 11.3. The lowest BCUT2D eigenvalue weighted by molar-refractivity contribution is -0.589. The number of fused-ring (bicyclic) bond motifs is 1. The van der Waals surface area contributed by atoms with Crippen LogP contribution in [0.3, 0.4) is 0 Å². The van der Waals surface area contributed by atoms with E-state index in [9.17, 15) is 10.0 Å². The number of nitrogens with zero attached hydrogens (tertiary/aromatic N) is 2. The predicted octanol–water partition coefficient (Wildman–Crippen LogP) is 2.24. The summed E-state index contributed by atoms with van der Waals surface area (Å²) in [5.41, 5.74) is 1.93. The van der Waals surface area contributed by atoms with E-state index in [0.717, 1.165) is 16.0 Å². The molecule has 2 aromatic carbocycles. The Labute approximate surface area is 116 Å². The fourth-order valence-corrected chi connectivity index (χ4v) is 2.46. The summed E-state index contributed by atoms with van der Waals surface area (Å²) >= 11 is 0. The molecule has 0 fully saturated rings. The van der Waals surface area contributed by atoms with E-state index in [2.05, 4.69) is 0 Å². The first kappa shape index (κ1) is 12.4. The standard InChI is InChI=1S/C16H14N2O2/c1-11-7-3-5-9-14(11)17-12(2)18(20)15-10-6-4-8-13(15)16(17)19/h3-10H,1-2H3. The van der Waals surface area contributed by atoms with Crippen LogP contribution in [-0.2, 0) is 0 Å². The minimum Gasteiger partial charge on any atom is -0.710 e. The number of para-hydroxylation sites is 2. The molecule has 0 bridgehead atoms. The first-order valence-electron chi connectivity index (χ1n) is 6.41. The molecule has 100 valence electrons. The molecule has 20 heavy (non-hydrogen) atoms. The first-order chi connectivity index (χ1) is 9.61. The summed E-state index contributed by atoms with van der Waals surface area (Å²) in [5.74, 6) is 0.364. The van der Waals surface area contributed by atoms with E-state index in [1.165, 1.54) is 4.57 Å². The first-order valence-corrected chi connectivity index (χ1v) is 6.41. The van der Waals surface area contributed by atoms with Crippen LogP contribution in [-0.4, -0.2) is 4.57 Å². The van der Waals surface area contributed by atoms with Crippen molar-refractivity contribution in [2.24, 2.45) is 0 Å². The third-order valence-corrected chi connectivity index (χ3v) is 3.53. The van der Waals surface area contributed by atoms with E-state index in [4.69, 9.17) is 0 Å². The van der Waals surface area contributed by atoms with Gasteiger partial charge in [0.25, 0.3) is 5.82 Å². The second kappa shape index (κ2) is 4.49. The molecule has 0 spiro atoms. The van der Waals surface area contributed by atoms with Crippen molar-refractivity contribution in [3.05, 3.63) is 75.5 Å². The van der Waals surface area contributed by atoms with Gasteiger partial charge in [0.15, 0.2) is 0 Å². The van der Waals surface area contributed by atoms with Crippen LogP contribution in [0, 0.1) is 19.1 Å². The quantitative estimate of drug-likeness (QED) is 0.501. The number of hydrogen-bond donors (Lipinski definition) is 0. The molecule has 0 N–H and O–H groups in total. The molecule has 0 aliphatic carbocycles. The molecule has 3 rings (SSSR count). The molecule has 0 amide bonds. The summed E-state index contributed by atoms with van der Waals surface area (Å²) < 4.78 is 2.29. The summed E-state index contributed by atoms with van der Waals surface area (Å²) in [7, 11) is 0. The maximum atomic E-state index is 12.7. The SMILES string of the molecule is Cc1ccccc1-n1c(C)[n+]([O-])c2ccccc2c1=O. The van der Waals surface area contributed by atoms with Gasteiger partial charge in [0.05, 0.1) is 0 Å². The molecule has 1 aromatic heterocycles. The van der Waals surface area contributed by atoms with E-state index in [0.29, 0.717) is 16.7 Å². The number of rotatable bonds is 1. The lowest BCUT2D eigenvalue weighted by atomic mass is 10.2. The van der Waals surface area contributed by atoms with Crippen molar-refractivity contribution < 1.29 is 4.73 Å². The Kier molecular flexibility index (Phi) is 2.79. The lowest BCUT2D eigenvalue weighted by Gasteiger charge is -2.13. The topological polar surface area (TPSA) is 48.9 Å². The Hall–Kier alpha value is -2.62. The fourth-order valence-electron chi connectivity index (χ4n) is 2.46. The third-order valence-electron chi connectivity index (χ3n) is 3.53. The zero-order valence-electron chi connectivity index (χ0n) is 11.3. The van der Waals surface area contributed by atoms with Crippen LogP contribution in [0.5, 0.6) is 0 Å². The Balaban J connectivity index is 2.50. The molecule has 0 aliphatic heterocycles. The summed E-state index contributed by atoms with van der Waals surface area (Å²) in [6.45, 7) is 3.58.